The first-order chi connectivity index (χ1) is 29.1. The van der Waals surface area contributed by atoms with Gasteiger partial charge in [0.2, 0.25) is 5.91 Å². The second-order valence-corrected chi connectivity index (χ2v) is 18.3. The fourth-order valence-corrected chi connectivity index (χ4v) is 9.44. The summed E-state index contributed by atoms with van der Waals surface area (Å²) in [6, 6.07) is 7.22. The van der Waals surface area contributed by atoms with Crippen molar-refractivity contribution in [2.24, 2.45) is 11.3 Å². The Morgan fingerprint density at radius 3 is 2.62 bits per heavy atom. The van der Waals surface area contributed by atoms with Crippen molar-refractivity contribution in [3.8, 4) is 22.6 Å². The summed E-state index contributed by atoms with van der Waals surface area (Å²) < 4.78 is 24.3. The summed E-state index contributed by atoms with van der Waals surface area (Å²) >= 11 is 1.17. The number of fused-ring (bicyclic) bond motifs is 6. The van der Waals surface area contributed by atoms with Crippen LogP contribution in [-0.2, 0) is 48.0 Å². The number of ether oxygens (including phenoxy) is 3. The lowest BCUT2D eigenvalue weighted by atomic mass is 9.84. The van der Waals surface area contributed by atoms with Crippen molar-refractivity contribution in [3.05, 3.63) is 52.8 Å². The number of rotatable bonds is 9. The number of aryl methyl sites for hydroxylation is 1. The highest BCUT2D eigenvalue weighted by atomic mass is 32.1. The highest BCUT2D eigenvalue weighted by Gasteiger charge is 2.40. The maximum atomic E-state index is 14.5. The Bertz CT molecular complexity index is 2270. The Morgan fingerprint density at radius 2 is 1.92 bits per heavy atom. The molecule has 16 nitrogen and oxygen atoms in total. The summed E-state index contributed by atoms with van der Waals surface area (Å²) in [6.07, 6.45) is 3.11. The number of hydrogen-bond donors (Lipinski definition) is 2. The minimum absolute atomic E-state index is 0.0408. The summed E-state index contributed by atoms with van der Waals surface area (Å²) in [5, 5.41) is 5.96. The van der Waals surface area contributed by atoms with Gasteiger partial charge in [0.15, 0.2) is 5.82 Å². The first-order valence-corrected chi connectivity index (χ1v) is 22.0. The van der Waals surface area contributed by atoms with E-state index >= 15 is 0 Å². The second-order valence-electron chi connectivity index (χ2n) is 17.5. The van der Waals surface area contributed by atoms with Gasteiger partial charge in [-0.1, -0.05) is 27.7 Å². The molecule has 6 bridgehead atoms. The molecule has 4 amide bonds. The zero-order valence-electron chi connectivity index (χ0n) is 36.7. The van der Waals surface area contributed by atoms with Gasteiger partial charge in [-0.3, -0.25) is 24.4 Å². The van der Waals surface area contributed by atoms with Crippen LogP contribution in [0.1, 0.15) is 76.8 Å². The molecule has 2 N–H and O–H groups in total. The number of aromatic nitrogens is 4. The van der Waals surface area contributed by atoms with E-state index in [0.717, 1.165) is 39.0 Å². The summed E-state index contributed by atoms with van der Waals surface area (Å²) in [5.74, 6) is -1.12. The lowest BCUT2D eigenvalue weighted by Crippen LogP contribution is -2.64. The highest BCUT2D eigenvalue weighted by molar-refractivity contribution is 7.05. The van der Waals surface area contributed by atoms with Crippen molar-refractivity contribution in [1.82, 2.24) is 44.5 Å². The largest absolute Gasteiger partial charge is 0.464 e. The monoisotopic (exact) mass is 857 g/mol. The molecule has 2 fully saturated rings. The van der Waals surface area contributed by atoms with Crippen molar-refractivity contribution in [3.63, 3.8) is 0 Å². The highest BCUT2D eigenvalue weighted by Crippen LogP contribution is 2.41. The van der Waals surface area contributed by atoms with Gasteiger partial charge in [0.1, 0.15) is 23.1 Å². The number of carbonyl (C=O) groups excluding carboxylic acids is 4. The fourth-order valence-electron chi connectivity index (χ4n) is 8.73. The lowest BCUT2D eigenvalue weighted by Gasteiger charge is -2.42. The SMILES string of the molecule is CCn1c(-c2cccnc2[C@H](C)OC)c2c3cc(ccc31)-c1nsc(n1)C[C@H](NC(=O)C(C(C)C)N(C)C(=O)N1CC(OC)C1)C(=O)N1CCC[C@H](N1)C(=O)OCC(C)(C)C2. The lowest BCUT2D eigenvalue weighted by molar-refractivity contribution is -0.155. The van der Waals surface area contributed by atoms with Crippen molar-refractivity contribution in [1.29, 1.82) is 0 Å². The topological polar surface area (TPSA) is 173 Å². The number of likely N-dealkylation sites (tertiary alicyclic amines) is 1. The van der Waals surface area contributed by atoms with Crippen LogP contribution in [0.2, 0.25) is 0 Å². The summed E-state index contributed by atoms with van der Waals surface area (Å²) in [7, 11) is 4.89. The minimum atomic E-state index is -1.08. The van der Waals surface area contributed by atoms with Gasteiger partial charge < -0.3 is 33.9 Å². The van der Waals surface area contributed by atoms with Crippen LogP contribution >= 0.6 is 11.5 Å². The van der Waals surface area contributed by atoms with Crippen LogP contribution in [0.3, 0.4) is 0 Å². The molecule has 3 aliphatic rings. The van der Waals surface area contributed by atoms with Crippen LogP contribution in [0.15, 0.2) is 36.5 Å². The molecule has 4 atom stereocenters. The molecular weight excluding hydrogens is 799 g/mol. The molecule has 0 radical (unpaired) electrons. The zero-order valence-corrected chi connectivity index (χ0v) is 37.5. The molecule has 0 saturated carbocycles. The number of nitrogens with zero attached hydrogens (tertiary/aromatic N) is 7. The van der Waals surface area contributed by atoms with Gasteiger partial charge in [-0.15, -0.1) is 0 Å². The van der Waals surface area contributed by atoms with Crippen molar-refractivity contribution in [2.75, 3.05) is 47.5 Å². The van der Waals surface area contributed by atoms with Crippen LogP contribution in [-0.4, -0.2) is 129 Å². The molecule has 1 aromatic carbocycles. The van der Waals surface area contributed by atoms with E-state index in [1.165, 1.54) is 21.4 Å². The molecule has 2 saturated heterocycles. The van der Waals surface area contributed by atoms with E-state index in [-0.39, 0.29) is 37.2 Å². The van der Waals surface area contributed by atoms with E-state index in [4.69, 9.17) is 28.6 Å². The van der Waals surface area contributed by atoms with Gasteiger partial charge in [-0.05, 0) is 86.5 Å². The predicted molar refractivity (Wildman–Crippen MR) is 231 cm³/mol. The first kappa shape index (κ1) is 44.1. The normalized spacial score (nSPS) is 20.8. The molecular formula is C44H59N9O7S. The number of nitrogens with one attached hydrogen (secondary N) is 2. The predicted octanol–water partition coefficient (Wildman–Crippen LogP) is 5.00. The summed E-state index contributed by atoms with van der Waals surface area (Å²) in [5.41, 5.74) is 8.35. The molecule has 3 aliphatic heterocycles. The number of amides is 4. The summed E-state index contributed by atoms with van der Waals surface area (Å²) in [4.78, 5) is 68.8. The number of pyridine rings is 1. The van der Waals surface area contributed by atoms with E-state index in [1.807, 2.05) is 32.9 Å². The molecule has 7 rings (SSSR count). The van der Waals surface area contributed by atoms with E-state index < -0.39 is 41.3 Å². The average molecular weight is 858 g/mol. The third-order valence-electron chi connectivity index (χ3n) is 12.1. The Hall–Kier alpha value is -4.97. The van der Waals surface area contributed by atoms with E-state index in [1.54, 1.807) is 32.4 Å². The fraction of sp³-hybridized carbons (Fsp3) is 0.568. The van der Waals surface area contributed by atoms with Crippen LogP contribution in [0.25, 0.3) is 33.5 Å². The molecule has 6 heterocycles. The van der Waals surface area contributed by atoms with Gasteiger partial charge >= 0.3 is 12.0 Å². The molecule has 1 unspecified atom stereocenters. The number of esters is 1. The van der Waals surface area contributed by atoms with Crippen LogP contribution in [0.5, 0.6) is 0 Å². The second kappa shape index (κ2) is 18.2. The third kappa shape index (κ3) is 9.01. The number of hydrogen-bond acceptors (Lipinski definition) is 12. The molecule has 4 aromatic rings. The maximum Gasteiger partial charge on any atom is 0.324 e. The summed E-state index contributed by atoms with van der Waals surface area (Å²) in [6.45, 7) is 14.0. The number of urea groups is 1. The quantitative estimate of drug-likeness (QED) is 0.217. The maximum absolute atomic E-state index is 14.5. The van der Waals surface area contributed by atoms with Crippen molar-refractivity contribution < 1.29 is 33.4 Å². The Balaban J connectivity index is 1.29. The molecule has 328 valence electrons. The molecule has 0 aliphatic carbocycles. The van der Waals surface area contributed by atoms with Gasteiger partial charge in [-0.25, -0.2) is 15.2 Å². The average Bonchev–Trinajstić information content (AvgIpc) is 3.82. The standard InChI is InChI=1S/C44H59N9O7S/c1-10-52-34-16-15-27-19-30(34)31(38(52)29-13-11-17-45-36(29)26(4)58-8)21-44(5,6)24-60-42(56)32-14-12-18-53(48-32)41(55)33(20-35-47-39(27)49-61-35)46-40(54)37(25(2)3)50(7)43(57)51-22-28(23-51)59-9/h11,13,15-17,19,25-26,28,32-33,37,48H,10,12,14,18,20-24H2,1-9H3,(H,46,54)/t26-,32-,33-,37?/m0/s1. The van der Waals surface area contributed by atoms with Crippen molar-refractivity contribution in [2.45, 2.75) is 104 Å². The Labute approximate surface area is 361 Å². The molecule has 17 heteroatoms. The number of cyclic esters (lactones) is 1. The number of hydrazine groups is 1. The molecule has 0 spiro atoms. The number of methoxy groups -OCH3 is 2. The Kier molecular flexibility index (Phi) is 13.1. The number of carbonyl (C=O) groups is 4. The molecule has 3 aromatic heterocycles. The van der Waals surface area contributed by atoms with Crippen LogP contribution < -0.4 is 10.7 Å². The Morgan fingerprint density at radius 1 is 1.15 bits per heavy atom. The van der Waals surface area contributed by atoms with E-state index in [2.05, 4.69) is 54.3 Å². The number of likely N-dealkylation sites (N-methyl/N-ethyl adjacent to an activating group) is 1. The zero-order chi connectivity index (χ0) is 43.7. The third-order valence-corrected chi connectivity index (χ3v) is 12.8. The van der Waals surface area contributed by atoms with E-state index in [0.29, 0.717) is 56.3 Å². The van der Waals surface area contributed by atoms with Gasteiger partial charge in [0, 0.05) is 74.4 Å². The first-order valence-electron chi connectivity index (χ1n) is 21.2. The van der Waals surface area contributed by atoms with Gasteiger partial charge in [-0.2, -0.15) is 4.37 Å². The van der Waals surface area contributed by atoms with Gasteiger partial charge in [0.25, 0.3) is 5.91 Å². The molecule has 61 heavy (non-hydrogen) atoms. The minimum Gasteiger partial charge on any atom is -0.464 e. The van der Waals surface area contributed by atoms with E-state index in [9.17, 15) is 19.2 Å². The van der Waals surface area contributed by atoms with Crippen molar-refractivity contribution >= 4 is 46.3 Å². The number of benzene rings is 1. The van der Waals surface area contributed by atoms with Crippen LogP contribution in [0, 0.1) is 11.3 Å². The van der Waals surface area contributed by atoms with Crippen LogP contribution in [0.4, 0.5) is 4.79 Å². The van der Waals surface area contributed by atoms with Gasteiger partial charge in [0.05, 0.1) is 43.3 Å². The smallest absolute Gasteiger partial charge is 0.324 e.